The van der Waals surface area contributed by atoms with Crippen LogP contribution in [0.4, 0.5) is 8.78 Å². The zero-order valence-corrected chi connectivity index (χ0v) is 18.7. The van der Waals surface area contributed by atoms with Gasteiger partial charge < -0.3 is 19.3 Å². The summed E-state index contributed by atoms with van der Waals surface area (Å²) in [5, 5.41) is 11.5. The molecule has 3 aromatic rings. The fourth-order valence-electron chi connectivity index (χ4n) is 4.78. The Labute approximate surface area is 195 Å². The number of carbonyl (C=O) groups is 1. The smallest absolute Gasteiger partial charge is 0.308 e. The average molecular weight is 469 g/mol. The number of aromatic nitrogens is 1. The maximum Gasteiger partial charge on any atom is 0.308 e. The largest absolute Gasteiger partial charge is 0.508 e. The second-order valence-electron chi connectivity index (χ2n) is 8.85. The molecule has 0 radical (unpaired) electrons. The van der Waals surface area contributed by atoms with E-state index < -0.39 is 11.6 Å². The zero-order valence-electron chi connectivity index (χ0n) is 18.7. The number of fused-ring (bicyclic) bond motifs is 1. The summed E-state index contributed by atoms with van der Waals surface area (Å²) < 4.78 is 44.5. The van der Waals surface area contributed by atoms with Crippen LogP contribution in [0.3, 0.4) is 0 Å². The predicted molar refractivity (Wildman–Crippen MR) is 121 cm³/mol. The lowest BCUT2D eigenvalue weighted by Crippen LogP contribution is -2.39. The van der Waals surface area contributed by atoms with Gasteiger partial charge in [0.2, 0.25) is 5.88 Å². The number of pyridine rings is 1. The Hall–Kier alpha value is -3.26. The molecule has 34 heavy (non-hydrogen) atoms. The van der Waals surface area contributed by atoms with Crippen molar-refractivity contribution in [2.45, 2.75) is 37.7 Å². The van der Waals surface area contributed by atoms with Gasteiger partial charge in [-0.3, -0.25) is 4.79 Å². The Morgan fingerprint density at radius 1 is 1.06 bits per heavy atom. The van der Waals surface area contributed by atoms with Crippen LogP contribution in [0.15, 0.2) is 36.4 Å². The van der Waals surface area contributed by atoms with Gasteiger partial charge in [0.15, 0.2) is 11.6 Å². The molecule has 1 aromatic heterocycles. The Kier molecular flexibility index (Phi) is 6.08. The number of phenols is 1. The van der Waals surface area contributed by atoms with Gasteiger partial charge in [-0.1, -0.05) is 6.07 Å². The van der Waals surface area contributed by atoms with Gasteiger partial charge in [-0.15, -0.1) is 0 Å². The average Bonchev–Trinajstić information content (AvgIpc) is 2.82. The molecule has 6 nitrogen and oxygen atoms in total. The van der Waals surface area contributed by atoms with E-state index in [1.165, 1.54) is 19.2 Å². The molecule has 0 bridgehead atoms. The molecular formula is C26H25F2NO5. The molecule has 0 spiro atoms. The summed E-state index contributed by atoms with van der Waals surface area (Å²) in [6.07, 6.45) is 2.30. The highest BCUT2D eigenvalue weighted by Crippen LogP contribution is 2.44. The predicted octanol–water partition coefficient (Wildman–Crippen LogP) is 5.11. The standard InChI is InChI=1S/C26H25F2NO5/c1-32-26(31)16-10-18(11-16)34-25-20-13-17(30)3-4-19(20)23(15-2-5-21(27)22(28)12-15)24(29-25)14-6-8-33-9-7-14/h2-5,12-14,16,18,30H,6-11H2,1H3. The molecule has 2 aliphatic rings. The fourth-order valence-corrected chi connectivity index (χ4v) is 4.78. The van der Waals surface area contributed by atoms with E-state index in [9.17, 15) is 18.7 Å². The van der Waals surface area contributed by atoms with Gasteiger partial charge in [-0.25, -0.2) is 13.8 Å². The number of nitrogens with zero attached hydrogens (tertiary/aromatic N) is 1. The molecule has 1 saturated carbocycles. The van der Waals surface area contributed by atoms with Gasteiger partial charge in [-0.05, 0) is 67.0 Å². The third kappa shape index (κ3) is 4.18. The maximum absolute atomic E-state index is 14.2. The van der Waals surface area contributed by atoms with E-state index in [0.717, 1.165) is 30.0 Å². The summed E-state index contributed by atoms with van der Waals surface area (Å²) in [6.45, 7) is 1.16. The molecule has 0 amide bonds. The number of esters is 1. The van der Waals surface area contributed by atoms with E-state index in [-0.39, 0.29) is 29.7 Å². The highest BCUT2D eigenvalue weighted by Gasteiger charge is 2.38. The first-order chi connectivity index (χ1) is 16.4. The normalized spacial score (nSPS) is 20.7. The minimum absolute atomic E-state index is 0.0373. The van der Waals surface area contributed by atoms with Gasteiger partial charge in [0.1, 0.15) is 11.9 Å². The van der Waals surface area contributed by atoms with E-state index in [4.69, 9.17) is 19.2 Å². The number of methoxy groups -OCH3 is 1. The van der Waals surface area contributed by atoms with Crippen molar-refractivity contribution in [3.8, 4) is 22.8 Å². The summed E-state index contributed by atoms with van der Waals surface area (Å²) in [5.74, 6) is -1.88. The Bertz CT molecular complexity index is 1240. The highest BCUT2D eigenvalue weighted by atomic mass is 19.2. The van der Waals surface area contributed by atoms with Crippen molar-refractivity contribution in [3.63, 3.8) is 0 Å². The Morgan fingerprint density at radius 3 is 2.53 bits per heavy atom. The lowest BCUT2D eigenvalue weighted by atomic mass is 9.82. The van der Waals surface area contributed by atoms with Crippen LogP contribution in [-0.4, -0.2) is 42.5 Å². The first-order valence-electron chi connectivity index (χ1n) is 11.4. The summed E-state index contributed by atoms with van der Waals surface area (Å²) >= 11 is 0. The summed E-state index contributed by atoms with van der Waals surface area (Å²) in [5.41, 5.74) is 1.92. The van der Waals surface area contributed by atoms with Crippen LogP contribution in [0.5, 0.6) is 11.6 Å². The highest BCUT2D eigenvalue weighted by molar-refractivity contribution is 6.01. The number of benzene rings is 2. The minimum Gasteiger partial charge on any atom is -0.508 e. The number of aromatic hydroxyl groups is 1. The number of halogens is 2. The van der Waals surface area contributed by atoms with Gasteiger partial charge in [-0.2, -0.15) is 0 Å². The van der Waals surface area contributed by atoms with Crippen molar-refractivity contribution < 1.29 is 32.9 Å². The molecule has 1 aliphatic carbocycles. The molecular weight excluding hydrogens is 444 g/mol. The lowest BCUT2D eigenvalue weighted by molar-refractivity contribution is -0.151. The van der Waals surface area contributed by atoms with Gasteiger partial charge in [0.05, 0.1) is 18.7 Å². The van der Waals surface area contributed by atoms with E-state index in [2.05, 4.69) is 0 Å². The van der Waals surface area contributed by atoms with Crippen LogP contribution < -0.4 is 4.74 Å². The fraction of sp³-hybridized carbons (Fsp3) is 0.385. The Morgan fingerprint density at radius 2 is 1.82 bits per heavy atom. The molecule has 8 heteroatoms. The second kappa shape index (κ2) is 9.18. The molecule has 0 atom stereocenters. The number of hydrogen-bond acceptors (Lipinski definition) is 6. The van der Waals surface area contributed by atoms with E-state index in [0.29, 0.717) is 48.4 Å². The van der Waals surface area contributed by atoms with Gasteiger partial charge >= 0.3 is 5.97 Å². The number of rotatable bonds is 5. The minimum atomic E-state index is -0.939. The third-order valence-corrected chi connectivity index (χ3v) is 6.70. The van der Waals surface area contributed by atoms with Gasteiger partial charge in [0, 0.05) is 30.1 Å². The first-order valence-corrected chi connectivity index (χ1v) is 11.4. The molecule has 5 rings (SSSR count). The first kappa shape index (κ1) is 22.5. The molecule has 0 unspecified atom stereocenters. The van der Waals surface area contributed by atoms with Crippen molar-refractivity contribution in [1.82, 2.24) is 4.98 Å². The monoisotopic (exact) mass is 469 g/mol. The van der Waals surface area contributed by atoms with Crippen molar-refractivity contribution >= 4 is 16.7 Å². The quantitative estimate of drug-likeness (QED) is 0.524. The molecule has 2 fully saturated rings. The third-order valence-electron chi connectivity index (χ3n) is 6.70. The molecule has 1 aliphatic heterocycles. The Balaban J connectivity index is 1.63. The number of carbonyl (C=O) groups excluding carboxylic acids is 1. The van der Waals surface area contributed by atoms with Crippen LogP contribution in [-0.2, 0) is 14.3 Å². The number of hydrogen-bond donors (Lipinski definition) is 1. The van der Waals surface area contributed by atoms with E-state index in [1.807, 2.05) is 0 Å². The molecule has 2 heterocycles. The van der Waals surface area contributed by atoms with Crippen LogP contribution in [0.1, 0.15) is 37.3 Å². The maximum atomic E-state index is 14.2. The van der Waals surface area contributed by atoms with Gasteiger partial charge in [0.25, 0.3) is 0 Å². The summed E-state index contributed by atoms with van der Waals surface area (Å²) in [7, 11) is 1.37. The number of ether oxygens (including phenoxy) is 3. The van der Waals surface area contributed by atoms with Crippen LogP contribution >= 0.6 is 0 Å². The van der Waals surface area contributed by atoms with E-state index in [1.54, 1.807) is 18.2 Å². The van der Waals surface area contributed by atoms with Crippen molar-refractivity contribution in [3.05, 3.63) is 53.7 Å². The second-order valence-corrected chi connectivity index (χ2v) is 8.85. The van der Waals surface area contributed by atoms with Crippen LogP contribution in [0.25, 0.3) is 21.9 Å². The SMILES string of the molecule is COC(=O)C1CC(Oc2nc(C3CCOCC3)c(-c3ccc(F)c(F)c3)c3ccc(O)cc23)C1. The molecule has 2 aromatic carbocycles. The topological polar surface area (TPSA) is 77.9 Å². The van der Waals surface area contributed by atoms with Crippen LogP contribution in [0.2, 0.25) is 0 Å². The van der Waals surface area contributed by atoms with Crippen molar-refractivity contribution in [2.75, 3.05) is 20.3 Å². The summed E-state index contributed by atoms with van der Waals surface area (Å²) in [4.78, 5) is 16.7. The molecule has 1 saturated heterocycles. The zero-order chi connectivity index (χ0) is 23.8. The molecule has 1 N–H and O–H groups in total. The molecule has 178 valence electrons. The van der Waals surface area contributed by atoms with Crippen molar-refractivity contribution in [1.29, 1.82) is 0 Å². The van der Waals surface area contributed by atoms with E-state index >= 15 is 0 Å². The van der Waals surface area contributed by atoms with Crippen LogP contribution in [0, 0.1) is 17.6 Å². The van der Waals surface area contributed by atoms with Crippen molar-refractivity contribution in [2.24, 2.45) is 5.92 Å². The summed E-state index contributed by atoms with van der Waals surface area (Å²) in [6, 6.07) is 8.69. The number of phenolic OH excluding ortho intramolecular Hbond substituents is 1. The lowest BCUT2D eigenvalue weighted by Gasteiger charge is -2.34.